The van der Waals surface area contributed by atoms with Crippen LogP contribution in [0.25, 0.3) is 0 Å². The van der Waals surface area contributed by atoms with Crippen LogP contribution in [-0.4, -0.2) is 35.0 Å². The van der Waals surface area contributed by atoms with E-state index in [2.05, 4.69) is 18.2 Å². The van der Waals surface area contributed by atoms with Crippen LogP contribution in [0.1, 0.15) is 55.7 Å². The number of nitrogens with zero attached hydrogens (tertiary/aromatic N) is 2. The van der Waals surface area contributed by atoms with Crippen LogP contribution in [0.4, 0.5) is 0 Å². The lowest BCUT2D eigenvalue weighted by Crippen LogP contribution is -2.31. The highest BCUT2D eigenvalue weighted by molar-refractivity contribution is 5.85. The van der Waals surface area contributed by atoms with E-state index in [1.807, 2.05) is 47.4 Å². The van der Waals surface area contributed by atoms with Crippen LogP contribution in [0.2, 0.25) is 0 Å². The predicted molar refractivity (Wildman–Crippen MR) is 121 cm³/mol. The van der Waals surface area contributed by atoms with E-state index in [9.17, 15) is 14.7 Å². The standard InChI is InChI=1S/C26H30N2O4/c27-15-5-2-6-17-32-23-13-11-21(12-14-23)24-18-22(19-25(29)30)26(31)28(24)16-7-10-20-8-3-1-4-9-20/h1,3-4,8-9,11-14,22,24H,2,5-7,10,16-19H2,(H,29,30)/t22-,24-/m0/s1. The second-order valence-electron chi connectivity index (χ2n) is 8.20. The molecular formula is C26H30N2O4. The molecule has 2 aromatic rings. The number of carboxylic acid groups (broad SMARTS) is 1. The summed E-state index contributed by atoms with van der Waals surface area (Å²) in [6.45, 7) is 1.17. The number of hydrogen-bond donors (Lipinski definition) is 1. The molecule has 0 radical (unpaired) electrons. The fourth-order valence-corrected chi connectivity index (χ4v) is 4.23. The zero-order valence-corrected chi connectivity index (χ0v) is 18.3. The number of amides is 1. The molecule has 2 aromatic carbocycles. The number of rotatable bonds is 12. The maximum atomic E-state index is 13.0. The van der Waals surface area contributed by atoms with Crippen molar-refractivity contribution in [2.45, 2.75) is 51.0 Å². The van der Waals surface area contributed by atoms with Crippen LogP contribution < -0.4 is 4.74 Å². The Morgan fingerprint density at radius 2 is 1.84 bits per heavy atom. The largest absolute Gasteiger partial charge is 0.494 e. The average molecular weight is 435 g/mol. The average Bonchev–Trinajstić information content (AvgIpc) is 3.09. The van der Waals surface area contributed by atoms with Crippen molar-refractivity contribution < 1.29 is 19.4 Å². The van der Waals surface area contributed by atoms with E-state index < -0.39 is 11.9 Å². The normalized spacial score (nSPS) is 17.8. The number of carbonyl (C=O) groups is 2. The van der Waals surface area contributed by atoms with Gasteiger partial charge in [0.05, 0.1) is 31.1 Å². The molecule has 32 heavy (non-hydrogen) atoms. The second kappa shape index (κ2) is 11.9. The lowest BCUT2D eigenvalue weighted by molar-refractivity contribution is -0.142. The van der Waals surface area contributed by atoms with Gasteiger partial charge in [0.1, 0.15) is 5.75 Å². The van der Waals surface area contributed by atoms with E-state index in [0.29, 0.717) is 26.0 Å². The van der Waals surface area contributed by atoms with Crippen LogP contribution in [-0.2, 0) is 16.0 Å². The maximum absolute atomic E-state index is 13.0. The lowest BCUT2D eigenvalue weighted by atomic mass is 9.97. The van der Waals surface area contributed by atoms with Gasteiger partial charge in [-0.05, 0) is 55.4 Å². The van der Waals surface area contributed by atoms with Gasteiger partial charge in [0.2, 0.25) is 5.91 Å². The Labute approximate surface area is 189 Å². The van der Waals surface area contributed by atoms with E-state index in [1.165, 1.54) is 5.56 Å². The summed E-state index contributed by atoms with van der Waals surface area (Å²) in [6.07, 6.45) is 4.28. The topological polar surface area (TPSA) is 90.6 Å². The van der Waals surface area contributed by atoms with Gasteiger partial charge in [-0.25, -0.2) is 0 Å². The summed E-state index contributed by atoms with van der Waals surface area (Å²) in [4.78, 5) is 26.1. The first-order valence-corrected chi connectivity index (χ1v) is 11.2. The minimum atomic E-state index is -0.937. The van der Waals surface area contributed by atoms with Gasteiger partial charge in [0, 0.05) is 13.0 Å². The molecule has 1 aliphatic rings. The summed E-state index contributed by atoms with van der Waals surface area (Å²) in [6, 6.07) is 19.9. The van der Waals surface area contributed by atoms with Crippen LogP contribution in [0, 0.1) is 17.2 Å². The number of carboxylic acids is 1. The molecule has 0 spiro atoms. The predicted octanol–water partition coefficient (Wildman–Crippen LogP) is 4.76. The van der Waals surface area contributed by atoms with Gasteiger partial charge in [-0.3, -0.25) is 9.59 Å². The number of aliphatic carboxylic acids is 1. The Hall–Kier alpha value is -3.33. The van der Waals surface area contributed by atoms with Gasteiger partial charge in [-0.15, -0.1) is 0 Å². The Balaban J connectivity index is 1.63. The molecule has 168 valence electrons. The Bertz CT molecular complexity index is 921. The summed E-state index contributed by atoms with van der Waals surface area (Å²) < 4.78 is 5.74. The SMILES string of the molecule is N#CCCCCOc1ccc([C@@H]2C[C@@H](CC(=O)O)C(=O)N2CCCc2ccccc2)cc1. The highest BCUT2D eigenvalue weighted by atomic mass is 16.5. The first-order valence-electron chi connectivity index (χ1n) is 11.2. The maximum Gasteiger partial charge on any atom is 0.304 e. The summed E-state index contributed by atoms with van der Waals surface area (Å²) >= 11 is 0. The van der Waals surface area contributed by atoms with Crippen molar-refractivity contribution in [3.63, 3.8) is 0 Å². The van der Waals surface area contributed by atoms with Gasteiger partial charge in [-0.2, -0.15) is 5.26 Å². The number of unbranched alkanes of at least 4 members (excludes halogenated alkanes) is 2. The number of benzene rings is 2. The molecule has 1 saturated heterocycles. The number of ether oxygens (including phenoxy) is 1. The van der Waals surface area contributed by atoms with Crippen molar-refractivity contribution >= 4 is 11.9 Å². The minimum Gasteiger partial charge on any atom is -0.494 e. The van der Waals surface area contributed by atoms with Crippen LogP contribution >= 0.6 is 0 Å². The molecule has 1 N–H and O–H groups in total. The van der Waals surface area contributed by atoms with E-state index in [-0.39, 0.29) is 18.4 Å². The molecular weight excluding hydrogens is 404 g/mol. The van der Waals surface area contributed by atoms with Crippen molar-refractivity contribution in [3.05, 3.63) is 65.7 Å². The van der Waals surface area contributed by atoms with Crippen molar-refractivity contribution in [2.24, 2.45) is 5.92 Å². The van der Waals surface area contributed by atoms with Crippen LogP contribution in [0.3, 0.4) is 0 Å². The molecule has 6 heteroatoms. The molecule has 1 aliphatic heterocycles. The molecule has 0 aromatic heterocycles. The van der Waals surface area contributed by atoms with E-state index in [4.69, 9.17) is 10.00 Å². The third kappa shape index (κ3) is 6.58. The third-order valence-electron chi connectivity index (χ3n) is 5.86. The van der Waals surface area contributed by atoms with Gasteiger partial charge in [0.25, 0.3) is 0 Å². The minimum absolute atomic E-state index is 0.0664. The van der Waals surface area contributed by atoms with Crippen molar-refractivity contribution in [2.75, 3.05) is 13.2 Å². The van der Waals surface area contributed by atoms with E-state index in [1.54, 1.807) is 0 Å². The molecule has 2 atom stereocenters. The molecule has 0 saturated carbocycles. The Kier molecular flexibility index (Phi) is 8.68. The van der Waals surface area contributed by atoms with Crippen molar-refractivity contribution in [1.82, 2.24) is 4.90 Å². The van der Waals surface area contributed by atoms with E-state index >= 15 is 0 Å². The van der Waals surface area contributed by atoms with Gasteiger partial charge in [-0.1, -0.05) is 42.5 Å². The third-order valence-corrected chi connectivity index (χ3v) is 5.86. The molecule has 3 rings (SSSR count). The summed E-state index contributed by atoms with van der Waals surface area (Å²) in [7, 11) is 0. The van der Waals surface area contributed by atoms with Gasteiger partial charge in [0.15, 0.2) is 0 Å². The summed E-state index contributed by atoms with van der Waals surface area (Å²) in [5.41, 5.74) is 2.23. The summed E-state index contributed by atoms with van der Waals surface area (Å²) in [5.74, 6) is -0.727. The molecule has 1 fully saturated rings. The molecule has 0 unspecified atom stereocenters. The molecule has 6 nitrogen and oxygen atoms in total. The molecule has 0 aliphatic carbocycles. The molecule has 0 bridgehead atoms. The zero-order valence-electron chi connectivity index (χ0n) is 18.3. The van der Waals surface area contributed by atoms with Crippen molar-refractivity contribution in [3.8, 4) is 11.8 Å². The lowest BCUT2D eigenvalue weighted by Gasteiger charge is -2.25. The van der Waals surface area contributed by atoms with Crippen molar-refractivity contribution in [1.29, 1.82) is 5.26 Å². The number of hydrogen-bond acceptors (Lipinski definition) is 4. The Morgan fingerprint density at radius 1 is 1.09 bits per heavy atom. The Morgan fingerprint density at radius 3 is 2.53 bits per heavy atom. The first kappa shape index (κ1) is 23.3. The van der Waals surface area contributed by atoms with E-state index in [0.717, 1.165) is 37.0 Å². The van der Waals surface area contributed by atoms with Crippen LogP contribution in [0.5, 0.6) is 5.75 Å². The number of likely N-dealkylation sites (tertiary alicyclic amines) is 1. The first-order chi connectivity index (χ1) is 15.6. The number of aryl methyl sites for hydroxylation is 1. The highest BCUT2D eigenvalue weighted by Gasteiger charge is 2.40. The van der Waals surface area contributed by atoms with Crippen LogP contribution in [0.15, 0.2) is 54.6 Å². The fourth-order valence-electron chi connectivity index (χ4n) is 4.23. The van der Waals surface area contributed by atoms with Gasteiger partial charge >= 0.3 is 5.97 Å². The number of carbonyl (C=O) groups excluding carboxylic acids is 1. The highest BCUT2D eigenvalue weighted by Crippen LogP contribution is 2.38. The fraction of sp³-hybridized carbons (Fsp3) is 0.423. The monoisotopic (exact) mass is 434 g/mol. The summed E-state index contributed by atoms with van der Waals surface area (Å²) in [5, 5.41) is 17.8. The smallest absolute Gasteiger partial charge is 0.304 e. The second-order valence-corrected chi connectivity index (χ2v) is 8.20. The zero-order chi connectivity index (χ0) is 22.8. The quantitative estimate of drug-likeness (QED) is 0.487. The number of nitriles is 1. The van der Waals surface area contributed by atoms with Gasteiger partial charge < -0.3 is 14.7 Å². The molecule has 1 heterocycles. The molecule has 1 amide bonds.